The molecule has 1 N–H and O–H groups in total. The Labute approximate surface area is 98.8 Å². The van der Waals surface area contributed by atoms with Gasteiger partial charge in [0.05, 0.1) is 26.0 Å². The molecule has 0 saturated heterocycles. The zero-order chi connectivity index (χ0) is 12.0. The summed E-state index contributed by atoms with van der Waals surface area (Å²) >= 11 is 1.27. The number of methoxy groups -OCH3 is 1. The predicted octanol–water partition coefficient (Wildman–Crippen LogP) is 1.77. The molecule has 0 aromatic carbocycles. The van der Waals surface area contributed by atoms with Crippen molar-refractivity contribution in [3.63, 3.8) is 0 Å². The van der Waals surface area contributed by atoms with E-state index in [1.165, 1.54) is 24.6 Å². The maximum Gasteiger partial charge on any atom is 0.349 e. The number of rotatable bonds is 6. The number of nitrogens with one attached hydrogen (secondary N) is 1. The van der Waals surface area contributed by atoms with Crippen molar-refractivity contribution in [2.45, 2.75) is 20.0 Å². The molecule has 0 spiro atoms. The van der Waals surface area contributed by atoms with Crippen molar-refractivity contribution in [2.75, 3.05) is 25.6 Å². The Morgan fingerprint density at radius 2 is 2.38 bits per heavy atom. The van der Waals surface area contributed by atoms with Gasteiger partial charge in [0.2, 0.25) is 0 Å². The van der Waals surface area contributed by atoms with E-state index in [-0.39, 0.29) is 12.1 Å². The van der Waals surface area contributed by atoms with E-state index >= 15 is 0 Å². The molecule has 0 fully saturated rings. The minimum absolute atomic E-state index is 0.226. The zero-order valence-corrected chi connectivity index (χ0v) is 10.5. The van der Waals surface area contributed by atoms with Gasteiger partial charge in [0.15, 0.2) is 5.13 Å². The van der Waals surface area contributed by atoms with Crippen LogP contribution in [0.1, 0.15) is 23.5 Å². The second kappa shape index (κ2) is 6.44. The zero-order valence-electron chi connectivity index (χ0n) is 9.65. The normalized spacial score (nSPS) is 10.5. The summed E-state index contributed by atoms with van der Waals surface area (Å²) in [4.78, 5) is 15.7. The number of carbonyl (C=O) groups is 1. The van der Waals surface area contributed by atoms with E-state index in [1.807, 2.05) is 13.8 Å². The highest BCUT2D eigenvalue weighted by Crippen LogP contribution is 2.18. The Bertz CT molecular complexity index is 339. The highest BCUT2D eigenvalue weighted by Gasteiger charge is 2.09. The number of aromatic nitrogens is 1. The molecule has 0 unspecified atom stereocenters. The number of hydrogen-bond donors (Lipinski definition) is 1. The van der Waals surface area contributed by atoms with Crippen molar-refractivity contribution in [1.82, 2.24) is 4.98 Å². The quantitative estimate of drug-likeness (QED) is 0.610. The van der Waals surface area contributed by atoms with Gasteiger partial charge in [-0.3, -0.25) is 0 Å². The maximum absolute atomic E-state index is 11.1. The first kappa shape index (κ1) is 12.9. The third kappa shape index (κ3) is 4.16. The molecule has 5 nitrogen and oxygen atoms in total. The van der Waals surface area contributed by atoms with Crippen molar-refractivity contribution in [3.05, 3.63) is 11.1 Å². The van der Waals surface area contributed by atoms with Gasteiger partial charge in [0.25, 0.3) is 0 Å². The summed E-state index contributed by atoms with van der Waals surface area (Å²) in [7, 11) is 1.35. The number of esters is 1. The molecule has 6 heteroatoms. The minimum Gasteiger partial charge on any atom is -0.465 e. The Kier molecular flexibility index (Phi) is 5.21. The van der Waals surface area contributed by atoms with Crippen LogP contribution in [-0.2, 0) is 9.47 Å². The molecule has 0 saturated carbocycles. The van der Waals surface area contributed by atoms with Gasteiger partial charge in [-0.15, -0.1) is 0 Å². The minimum atomic E-state index is -0.357. The first-order chi connectivity index (χ1) is 7.63. The van der Waals surface area contributed by atoms with Crippen molar-refractivity contribution in [3.8, 4) is 0 Å². The molecule has 1 heterocycles. The van der Waals surface area contributed by atoms with E-state index in [9.17, 15) is 4.79 Å². The molecule has 0 amide bonds. The van der Waals surface area contributed by atoms with Gasteiger partial charge in [0, 0.05) is 6.54 Å². The van der Waals surface area contributed by atoms with Crippen LogP contribution in [0.5, 0.6) is 0 Å². The summed E-state index contributed by atoms with van der Waals surface area (Å²) in [5.41, 5.74) is 0. The van der Waals surface area contributed by atoms with Crippen LogP contribution in [-0.4, -0.2) is 37.3 Å². The van der Waals surface area contributed by atoms with E-state index in [4.69, 9.17) is 4.74 Å². The van der Waals surface area contributed by atoms with E-state index < -0.39 is 0 Å². The topological polar surface area (TPSA) is 60.5 Å². The highest BCUT2D eigenvalue weighted by molar-refractivity contribution is 7.17. The molecule has 0 radical (unpaired) electrons. The maximum atomic E-state index is 11.1. The lowest BCUT2D eigenvalue weighted by atomic mass is 10.5. The summed E-state index contributed by atoms with van der Waals surface area (Å²) in [6.45, 7) is 5.26. The van der Waals surface area contributed by atoms with Gasteiger partial charge in [0.1, 0.15) is 4.88 Å². The fourth-order valence-corrected chi connectivity index (χ4v) is 1.76. The van der Waals surface area contributed by atoms with Gasteiger partial charge >= 0.3 is 5.97 Å². The summed E-state index contributed by atoms with van der Waals surface area (Å²) in [5, 5.41) is 3.78. The lowest BCUT2D eigenvalue weighted by Gasteiger charge is -2.07. The fraction of sp³-hybridized carbons (Fsp3) is 0.600. The number of thiazole rings is 1. The molecule has 16 heavy (non-hydrogen) atoms. The van der Waals surface area contributed by atoms with Gasteiger partial charge in [-0.05, 0) is 13.8 Å². The molecule has 0 atom stereocenters. The first-order valence-corrected chi connectivity index (χ1v) is 5.84. The van der Waals surface area contributed by atoms with Crippen LogP contribution in [0.2, 0.25) is 0 Å². The van der Waals surface area contributed by atoms with E-state index in [0.717, 1.165) is 0 Å². The second-order valence-corrected chi connectivity index (χ2v) is 4.40. The summed E-state index contributed by atoms with van der Waals surface area (Å²) < 4.78 is 9.95. The number of nitrogens with zero attached hydrogens (tertiary/aromatic N) is 1. The van der Waals surface area contributed by atoms with Crippen LogP contribution < -0.4 is 5.32 Å². The highest BCUT2D eigenvalue weighted by atomic mass is 32.1. The van der Waals surface area contributed by atoms with Crippen molar-refractivity contribution in [2.24, 2.45) is 0 Å². The van der Waals surface area contributed by atoms with E-state index in [2.05, 4.69) is 15.0 Å². The molecule has 0 aliphatic rings. The predicted molar refractivity (Wildman–Crippen MR) is 63.0 cm³/mol. The monoisotopic (exact) mass is 244 g/mol. The molecule has 1 aromatic heterocycles. The molecule has 0 aliphatic carbocycles. The molecule has 1 rings (SSSR count). The van der Waals surface area contributed by atoms with Crippen molar-refractivity contribution in [1.29, 1.82) is 0 Å². The number of anilines is 1. The van der Waals surface area contributed by atoms with E-state index in [1.54, 1.807) is 0 Å². The van der Waals surface area contributed by atoms with Gasteiger partial charge in [-0.1, -0.05) is 11.3 Å². The Morgan fingerprint density at radius 3 is 3.00 bits per heavy atom. The summed E-state index contributed by atoms with van der Waals surface area (Å²) in [5.74, 6) is -0.357. The number of ether oxygens (including phenoxy) is 2. The van der Waals surface area contributed by atoms with Gasteiger partial charge in [-0.25, -0.2) is 9.78 Å². The molecule has 90 valence electrons. The molecular formula is C10H16N2O3S. The van der Waals surface area contributed by atoms with Gasteiger partial charge in [-0.2, -0.15) is 0 Å². The number of hydrogen-bond acceptors (Lipinski definition) is 6. The SMILES string of the molecule is COC(=O)c1cnc(NCCOC(C)C)s1. The molecule has 1 aromatic rings. The third-order valence-electron chi connectivity index (χ3n) is 1.72. The third-order valence-corrected chi connectivity index (χ3v) is 2.66. The van der Waals surface area contributed by atoms with Crippen LogP contribution in [0.25, 0.3) is 0 Å². The van der Waals surface area contributed by atoms with E-state index in [0.29, 0.717) is 23.2 Å². The van der Waals surface area contributed by atoms with Crippen LogP contribution in [0, 0.1) is 0 Å². The van der Waals surface area contributed by atoms with Crippen LogP contribution >= 0.6 is 11.3 Å². The lowest BCUT2D eigenvalue weighted by Crippen LogP contribution is -2.12. The Balaban J connectivity index is 2.32. The molecule has 0 bridgehead atoms. The summed E-state index contributed by atoms with van der Waals surface area (Å²) in [6, 6.07) is 0. The molecule has 0 aliphatic heterocycles. The smallest absolute Gasteiger partial charge is 0.349 e. The first-order valence-electron chi connectivity index (χ1n) is 5.03. The Hall–Kier alpha value is -1.14. The second-order valence-electron chi connectivity index (χ2n) is 3.37. The van der Waals surface area contributed by atoms with Crippen LogP contribution in [0.15, 0.2) is 6.20 Å². The largest absolute Gasteiger partial charge is 0.465 e. The average molecular weight is 244 g/mol. The Morgan fingerprint density at radius 1 is 1.62 bits per heavy atom. The van der Waals surface area contributed by atoms with Crippen molar-refractivity contribution < 1.29 is 14.3 Å². The fourth-order valence-electron chi connectivity index (χ4n) is 1.00. The summed E-state index contributed by atoms with van der Waals surface area (Å²) in [6.07, 6.45) is 1.73. The van der Waals surface area contributed by atoms with Crippen LogP contribution in [0.4, 0.5) is 5.13 Å². The van der Waals surface area contributed by atoms with Gasteiger partial charge < -0.3 is 14.8 Å². The average Bonchev–Trinajstić information content (AvgIpc) is 2.71. The van der Waals surface area contributed by atoms with Crippen LogP contribution in [0.3, 0.4) is 0 Å². The van der Waals surface area contributed by atoms with Crippen molar-refractivity contribution >= 4 is 22.4 Å². The molecular weight excluding hydrogens is 228 g/mol. The number of carbonyl (C=O) groups excluding carboxylic acids is 1. The lowest BCUT2D eigenvalue weighted by molar-refractivity contribution is 0.0606. The standard InChI is InChI=1S/C10H16N2O3S/c1-7(2)15-5-4-11-10-12-6-8(16-10)9(13)14-3/h6-7H,4-5H2,1-3H3,(H,11,12).